The van der Waals surface area contributed by atoms with Gasteiger partial charge in [-0.05, 0) is 293 Å². The van der Waals surface area contributed by atoms with Gasteiger partial charge in [0.25, 0.3) is 0 Å². The van der Waals surface area contributed by atoms with Crippen LogP contribution in [-0.2, 0) is 66.7 Å². The van der Waals surface area contributed by atoms with E-state index >= 15 is 0 Å². The fraction of sp³-hybridized carbons (Fsp3) is 0.756. The Labute approximate surface area is 551 Å². The van der Waals surface area contributed by atoms with Gasteiger partial charge in [-0.15, -0.1) is 0 Å². The van der Waals surface area contributed by atoms with E-state index in [0.29, 0.717) is 68.9 Å². The first-order valence-electron chi connectivity index (χ1n) is 35.9. The molecule has 16 rings (SSSR count). The van der Waals surface area contributed by atoms with Crippen LogP contribution in [0.4, 0.5) is 0 Å². The Balaban J connectivity index is 0.000000131. The molecule has 10 atom stereocenters. The van der Waals surface area contributed by atoms with Crippen molar-refractivity contribution in [3.8, 4) is 0 Å². The maximum absolute atomic E-state index is 12.0. The van der Waals surface area contributed by atoms with Crippen molar-refractivity contribution in [3.05, 3.63) is 72.9 Å². The molecule has 0 aromatic rings. The van der Waals surface area contributed by atoms with Gasteiger partial charge in [-0.2, -0.15) is 0 Å². The summed E-state index contributed by atoms with van der Waals surface area (Å²) < 4.78 is 38.8. The zero-order valence-electron chi connectivity index (χ0n) is 57.9. The molecule has 14 nitrogen and oxygen atoms in total. The SMILES string of the molecule is C=C(C)C(=O)OC1(C)C2CC3CC(C2)CC1C3.C=C(C)C(=O)OC1(C)CCCC1.C=C(C)C(=O)OC1(CC)C2CC3CC(C2)CC1C3.C=C(C)C(=O)OC1(CC)CCCC1.C=C(C)C(=O)OC1C2CC3C(=O)OC1C3C2.C=C(C)C(=O)OC1CC2CC1C1CCCC21. The van der Waals surface area contributed by atoms with Crippen molar-refractivity contribution in [1.29, 1.82) is 0 Å². The number of rotatable bonds is 14. The third-order valence-electron chi connectivity index (χ3n) is 25.3. The molecule has 0 radical (unpaired) electrons. The topological polar surface area (TPSA) is 184 Å². The van der Waals surface area contributed by atoms with Crippen LogP contribution in [0, 0.1) is 88.8 Å². The monoisotopic (exact) mass is 1270 g/mol. The van der Waals surface area contributed by atoms with Crippen molar-refractivity contribution in [2.24, 2.45) is 88.8 Å². The molecule has 1 heterocycles. The fourth-order valence-corrected chi connectivity index (χ4v) is 20.7. The minimum absolute atomic E-state index is 0.0646. The van der Waals surface area contributed by atoms with Crippen LogP contribution in [0.5, 0.6) is 0 Å². The standard InChI is InChI=1S/C16H24O2.C15H22O2.C14H20O2.C12H14O4.C11H18O2.C10H16O2/c1-4-16(18-15(17)10(2)3)13-6-11-5-12(8-13)9-14(16)7-11;1-9(2)14(16)17-15(3)12-5-10-4-11(7-12)8-13(15)6-10;1-8(2)14(15)16-13-7-9-6-12(13)11-5-3-4-10(9)11;1-5(2)11(13)15-9-6-3-7-8(4-6)12(14)16-10(7)9;1-4-11(7-5-6-8-11)13-10(12)9(2)3;1-8(2)9(11)12-10(3)6-4-5-7-10/h11-14H,2,4-9H2,1,3H3;10-13H,1,4-8H2,2-3H3;9-13H,1,3-7H2,2H3;6-10H,1,3-4H2,2H3;2,4-8H2,1,3H3;1,4-7H2,2-3H3. The Morgan fingerprint density at radius 1 is 0.435 bits per heavy atom. The summed E-state index contributed by atoms with van der Waals surface area (Å²) in [5.41, 5.74) is 2.23. The minimum Gasteiger partial charge on any atom is -0.459 e. The Kier molecular flexibility index (Phi) is 22.4. The van der Waals surface area contributed by atoms with Crippen molar-refractivity contribution >= 4 is 41.8 Å². The van der Waals surface area contributed by atoms with Gasteiger partial charge in [0.05, 0.1) is 5.92 Å². The second kappa shape index (κ2) is 29.0. The highest BCUT2D eigenvalue weighted by molar-refractivity contribution is 5.89. The van der Waals surface area contributed by atoms with Gasteiger partial charge in [-0.3, -0.25) is 4.79 Å². The van der Waals surface area contributed by atoms with E-state index in [9.17, 15) is 33.6 Å². The van der Waals surface area contributed by atoms with Crippen LogP contribution in [-0.4, -0.2) is 82.5 Å². The largest absolute Gasteiger partial charge is 0.459 e. The molecule has 10 unspecified atom stereocenters. The average molecular weight is 1280 g/mol. The molecule has 14 heteroatoms. The predicted molar refractivity (Wildman–Crippen MR) is 354 cm³/mol. The second-order valence-corrected chi connectivity index (χ2v) is 32.1. The van der Waals surface area contributed by atoms with Crippen LogP contribution in [0.2, 0.25) is 0 Å². The summed E-state index contributed by atoms with van der Waals surface area (Å²) in [5.74, 6) is 8.53. The molecule has 0 N–H and O–H groups in total. The van der Waals surface area contributed by atoms with Crippen molar-refractivity contribution in [1.82, 2.24) is 0 Å². The predicted octanol–water partition coefficient (Wildman–Crippen LogP) is 16.3. The van der Waals surface area contributed by atoms with Crippen molar-refractivity contribution in [2.75, 3.05) is 0 Å². The minimum atomic E-state index is -0.378. The smallest absolute Gasteiger partial charge is 0.333 e. The first kappa shape index (κ1) is 71.0. The molecule has 15 saturated carbocycles. The lowest BCUT2D eigenvalue weighted by molar-refractivity contribution is -0.207. The van der Waals surface area contributed by atoms with Crippen LogP contribution in [0.1, 0.15) is 243 Å². The van der Waals surface area contributed by atoms with Gasteiger partial charge in [0.2, 0.25) is 0 Å². The molecular weight excluding hydrogens is 1160 g/mol. The summed E-state index contributed by atoms with van der Waals surface area (Å²) in [7, 11) is 0. The molecule has 15 aliphatic carbocycles. The summed E-state index contributed by atoms with van der Waals surface area (Å²) in [6.07, 6.45) is 31.8. The maximum atomic E-state index is 12.0. The van der Waals surface area contributed by atoms with Crippen molar-refractivity contribution in [3.63, 3.8) is 0 Å². The lowest BCUT2D eigenvalue weighted by atomic mass is 9.49. The number of carbonyl (C=O) groups excluding carboxylic acids is 7. The van der Waals surface area contributed by atoms with Crippen molar-refractivity contribution < 1.29 is 66.7 Å². The highest BCUT2D eigenvalue weighted by atomic mass is 16.6. The Hall–Kier alpha value is -5.27. The third-order valence-corrected chi connectivity index (χ3v) is 25.3. The van der Waals surface area contributed by atoms with E-state index < -0.39 is 0 Å². The van der Waals surface area contributed by atoms with Crippen molar-refractivity contribution in [2.45, 2.75) is 283 Å². The van der Waals surface area contributed by atoms with Crippen LogP contribution >= 0.6 is 0 Å². The molecule has 0 aromatic carbocycles. The first-order chi connectivity index (χ1) is 43.4. The lowest BCUT2D eigenvalue weighted by Crippen LogP contribution is -2.59. The zero-order chi connectivity index (χ0) is 66.9. The van der Waals surface area contributed by atoms with E-state index in [1.807, 2.05) is 6.92 Å². The summed E-state index contributed by atoms with van der Waals surface area (Å²) in [4.78, 5) is 80.8. The quantitative estimate of drug-likeness (QED) is 0.0909. The van der Waals surface area contributed by atoms with Gasteiger partial charge in [0.15, 0.2) is 0 Å². The Morgan fingerprint density at radius 2 is 0.870 bits per heavy atom. The van der Waals surface area contributed by atoms with Crippen LogP contribution in [0.25, 0.3) is 0 Å². The Bertz CT molecular complexity index is 2800. The summed E-state index contributed by atoms with van der Waals surface area (Å²) in [6, 6.07) is 0. The molecule has 0 aromatic heterocycles. The van der Waals surface area contributed by atoms with E-state index in [0.717, 1.165) is 99.2 Å². The van der Waals surface area contributed by atoms with Crippen LogP contribution in [0.3, 0.4) is 0 Å². The number of ether oxygens (including phenoxy) is 7. The molecule has 1 saturated heterocycles. The number of hydrogen-bond donors (Lipinski definition) is 0. The fourth-order valence-electron chi connectivity index (χ4n) is 20.7. The lowest BCUT2D eigenvalue weighted by Gasteiger charge is -2.60. The molecule has 510 valence electrons. The number of carbonyl (C=O) groups is 7. The van der Waals surface area contributed by atoms with Gasteiger partial charge in [0, 0.05) is 45.3 Å². The van der Waals surface area contributed by atoms with E-state index in [1.165, 1.54) is 116 Å². The van der Waals surface area contributed by atoms with E-state index in [2.05, 4.69) is 60.2 Å². The second-order valence-electron chi connectivity index (χ2n) is 32.1. The van der Waals surface area contributed by atoms with Gasteiger partial charge < -0.3 is 33.2 Å². The molecule has 16 fully saturated rings. The Morgan fingerprint density at radius 3 is 1.36 bits per heavy atom. The van der Waals surface area contributed by atoms with Gasteiger partial charge in [-0.25, -0.2) is 28.8 Å². The third kappa shape index (κ3) is 15.3. The molecular formula is C78H114O14. The zero-order valence-corrected chi connectivity index (χ0v) is 57.9. The normalized spacial score (nSPS) is 38.2. The van der Waals surface area contributed by atoms with Crippen LogP contribution in [0.15, 0.2) is 72.9 Å². The number of fused-ring (bicyclic) bond motifs is 6. The van der Waals surface area contributed by atoms with Gasteiger partial charge in [-0.1, -0.05) is 59.7 Å². The summed E-state index contributed by atoms with van der Waals surface area (Å²) >= 11 is 0. The van der Waals surface area contributed by atoms with Crippen LogP contribution < -0.4 is 0 Å². The van der Waals surface area contributed by atoms with Gasteiger partial charge in [0.1, 0.15) is 40.7 Å². The average Bonchev–Trinajstić information content (AvgIpc) is 0.848. The summed E-state index contributed by atoms with van der Waals surface area (Å²) in [6.45, 7) is 40.4. The molecule has 16 aliphatic rings. The first-order valence-corrected chi connectivity index (χ1v) is 35.9. The van der Waals surface area contributed by atoms with E-state index in [1.54, 1.807) is 41.5 Å². The highest BCUT2D eigenvalue weighted by Gasteiger charge is 2.64. The molecule has 0 spiro atoms. The molecule has 92 heavy (non-hydrogen) atoms. The van der Waals surface area contributed by atoms with Gasteiger partial charge >= 0.3 is 41.8 Å². The maximum Gasteiger partial charge on any atom is 0.333 e. The molecule has 0 amide bonds. The van der Waals surface area contributed by atoms with E-state index in [-0.39, 0.29) is 94.3 Å². The van der Waals surface area contributed by atoms with E-state index in [4.69, 9.17) is 33.2 Å². The summed E-state index contributed by atoms with van der Waals surface area (Å²) in [5, 5.41) is 0. The number of esters is 7. The number of hydrogen-bond acceptors (Lipinski definition) is 14. The molecule has 1 aliphatic heterocycles. The molecule has 12 bridgehead atoms. The highest BCUT2D eigenvalue weighted by Crippen LogP contribution is 2.63.